The molecule has 1 aliphatic heterocycles. The zero-order valence-corrected chi connectivity index (χ0v) is 16.3. The van der Waals surface area contributed by atoms with E-state index in [0.717, 1.165) is 30.0 Å². The number of carbonyl (C=O) groups is 1. The molecular weight excluding hydrogens is 378 g/mol. The van der Waals surface area contributed by atoms with E-state index in [-0.39, 0.29) is 5.91 Å². The van der Waals surface area contributed by atoms with Gasteiger partial charge < -0.3 is 14.3 Å². The molecule has 0 atom stereocenters. The maximum atomic E-state index is 12.6. The lowest BCUT2D eigenvalue weighted by Crippen LogP contribution is -2.49. The minimum Gasteiger partial charge on any atom is -0.353 e. The highest BCUT2D eigenvalue weighted by Gasteiger charge is 2.22. The fourth-order valence-corrected chi connectivity index (χ4v) is 3.43. The lowest BCUT2D eigenvalue weighted by molar-refractivity contribution is -0.130. The van der Waals surface area contributed by atoms with Crippen LogP contribution in [0.4, 0.5) is 5.82 Å². The van der Waals surface area contributed by atoms with Crippen molar-refractivity contribution in [2.24, 2.45) is 0 Å². The van der Waals surface area contributed by atoms with Gasteiger partial charge in [0.15, 0.2) is 0 Å². The number of hydrogen-bond acceptors (Lipinski definition) is 6. The first-order valence-corrected chi connectivity index (χ1v) is 9.51. The van der Waals surface area contributed by atoms with Crippen molar-refractivity contribution in [3.63, 3.8) is 0 Å². The van der Waals surface area contributed by atoms with Crippen LogP contribution in [0.25, 0.3) is 11.4 Å². The molecule has 1 fully saturated rings. The molecule has 0 spiro atoms. The Morgan fingerprint density at radius 3 is 2.57 bits per heavy atom. The Hall–Kier alpha value is -2.93. The van der Waals surface area contributed by atoms with Gasteiger partial charge in [0.05, 0.1) is 6.42 Å². The summed E-state index contributed by atoms with van der Waals surface area (Å²) in [5.41, 5.74) is 1.68. The molecule has 1 amide bonds. The zero-order valence-electron chi connectivity index (χ0n) is 15.5. The third-order valence-electron chi connectivity index (χ3n) is 4.79. The number of pyridine rings is 1. The van der Waals surface area contributed by atoms with Crippen molar-refractivity contribution in [3.05, 3.63) is 59.1 Å². The van der Waals surface area contributed by atoms with E-state index in [1.54, 1.807) is 13.1 Å². The summed E-state index contributed by atoms with van der Waals surface area (Å²) in [5.74, 6) is 2.04. The summed E-state index contributed by atoms with van der Waals surface area (Å²) < 4.78 is 5.00. The Kier molecular flexibility index (Phi) is 5.25. The summed E-state index contributed by atoms with van der Waals surface area (Å²) in [7, 11) is 0. The molecule has 28 heavy (non-hydrogen) atoms. The molecule has 2 aromatic heterocycles. The minimum absolute atomic E-state index is 0.100. The van der Waals surface area contributed by atoms with Crippen LogP contribution >= 0.6 is 11.6 Å². The van der Waals surface area contributed by atoms with Crippen molar-refractivity contribution in [2.75, 3.05) is 31.1 Å². The minimum atomic E-state index is 0.100. The van der Waals surface area contributed by atoms with Gasteiger partial charge in [-0.2, -0.15) is 4.98 Å². The first kappa shape index (κ1) is 18.4. The fraction of sp³-hybridized carbons (Fsp3) is 0.300. The van der Waals surface area contributed by atoms with Crippen LogP contribution < -0.4 is 4.90 Å². The van der Waals surface area contributed by atoms with Crippen LogP contribution in [0.3, 0.4) is 0 Å². The summed E-state index contributed by atoms with van der Waals surface area (Å²) in [5, 5.41) is 4.54. The molecule has 0 N–H and O–H groups in total. The Labute approximate surface area is 167 Å². The van der Waals surface area contributed by atoms with Crippen LogP contribution in [-0.4, -0.2) is 52.1 Å². The number of nitrogens with zero attached hydrogens (tertiary/aromatic N) is 5. The van der Waals surface area contributed by atoms with Gasteiger partial charge in [0.1, 0.15) is 5.82 Å². The van der Waals surface area contributed by atoms with Gasteiger partial charge in [0, 0.05) is 49.9 Å². The molecule has 8 heteroatoms. The Bertz CT molecular complexity index is 965. The summed E-state index contributed by atoms with van der Waals surface area (Å²) >= 11 is 6.17. The van der Waals surface area contributed by atoms with E-state index in [0.29, 0.717) is 36.2 Å². The summed E-state index contributed by atoms with van der Waals surface area (Å²) in [6.45, 7) is 4.56. The Morgan fingerprint density at radius 2 is 1.93 bits per heavy atom. The van der Waals surface area contributed by atoms with Gasteiger partial charge in [-0.25, -0.2) is 4.98 Å². The molecule has 3 aromatic rings. The molecule has 0 unspecified atom stereocenters. The number of aryl methyl sites for hydroxylation is 1. The monoisotopic (exact) mass is 397 g/mol. The van der Waals surface area contributed by atoms with Crippen LogP contribution in [0.15, 0.2) is 47.1 Å². The number of rotatable bonds is 4. The van der Waals surface area contributed by atoms with Gasteiger partial charge in [-0.15, -0.1) is 0 Å². The van der Waals surface area contributed by atoms with Gasteiger partial charge in [0.2, 0.25) is 17.6 Å². The van der Waals surface area contributed by atoms with Crippen molar-refractivity contribution in [1.82, 2.24) is 20.0 Å². The molecule has 3 heterocycles. The van der Waals surface area contributed by atoms with E-state index in [2.05, 4.69) is 20.0 Å². The lowest BCUT2D eigenvalue weighted by atomic mass is 10.1. The number of anilines is 1. The number of halogens is 1. The van der Waals surface area contributed by atoms with Crippen LogP contribution in [0.5, 0.6) is 0 Å². The number of aromatic nitrogens is 3. The molecular formula is C20H20ClN5O2. The zero-order chi connectivity index (χ0) is 19.5. The van der Waals surface area contributed by atoms with Crippen molar-refractivity contribution in [2.45, 2.75) is 13.3 Å². The van der Waals surface area contributed by atoms with Crippen LogP contribution in [0.1, 0.15) is 11.5 Å². The molecule has 0 aliphatic carbocycles. The number of hydrogen-bond donors (Lipinski definition) is 0. The lowest BCUT2D eigenvalue weighted by Gasteiger charge is -2.35. The SMILES string of the molecule is Cc1nc(-c2ccc(N3CCN(C(=O)Cc4ccccc4Cl)CC3)nc2)no1. The third kappa shape index (κ3) is 3.99. The van der Waals surface area contributed by atoms with Gasteiger partial charge in [-0.05, 0) is 23.8 Å². The van der Waals surface area contributed by atoms with Gasteiger partial charge in [-0.1, -0.05) is 35.0 Å². The van der Waals surface area contributed by atoms with Crippen molar-refractivity contribution in [1.29, 1.82) is 0 Å². The average molecular weight is 398 g/mol. The van der Waals surface area contributed by atoms with Crippen LogP contribution in [-0.2, 0) is 11.2 Å². The van der Waals surface area contributed by atoms with Crippen LogP contribution in [0.2, 0.25) is 5.02 Å². The normalized spacial score (nSPS) is 14.4. The van der Waals surface area contributed by atoms with Crippen molar-refractivity contribution >= 4 is 23.3 Å². The molecule has 0 bridgehead atoms. The predicted molar refractivity (Wildman–Crippen MR) is 106 cm³/mol. The van der Waals surface area contributed by atoms with Gasteiger partial charge in [-0.3, -0.25) is 4.79 Å². The Balaban J connectivity index is 1.35. The molecule has 7 nitrogen and oxygen atoms in total. The highest BCUT2D eigenvalue weighted by molar-refractivity contribution is 6.31. The van der Waals surface area contributed by atoms with Gasteiger partial charge in [0.25, 0.3) is 0 Å². The summed E-state index contributed by atoms with van der Waals surface area (Å²) in [4.78, 5) is 25.4. The van der Waals surface area contributed by atoms with E-state index in [4.69, 9.17) is 16.1 Å². The van der Waals surface area contributed by atoms with E-state index in [1.165, 1.54) is 0 Å². The number of piperazine rings is 1. The second-order valence-electron chi connectivity index (χ2n) is 6.68. The topological polar surface area (TPSA) is 75.4 Å². The molecule has 1 aromatic carbocycles. The molecule has 0 saturated carbocycles. The summed E-state index contributed by atoms with van der Waals surface area (Å²) in [6, 6.07) is 11.4. The summed E-state index contributed by atoms with van der Waals surface area (Å²) in [6.07, 6.45) is 2.07. The second kappa shape index (κ2) is 7.98. The number of carbonyl (C=O) groups excluding carboxylic acids is 1. The molecule has 4 rings (SSSR count). The van der Waals surface area contributed by atoms with Crippen molar-refractivity contribution in [3.8, 4) is 11.4 Å². The number of benzene rings is 1. The molecule has 0 radical (unpaired) electrons. The van der Waals surface area contributed by atoms with E-state index in [1.807, 2.05) is 41.3 Å². The maximum absolute atomic E-state index is 12.6. The number of amides is 1. The van der Waals surface area contributed by atoms with E-state index in [9.17, 15) is 4.79 Å². The highest BCUT2D eigenvalue weighted by Crippen LogP contribution is 2.20. The average Bonchev–Trinajstić information content (AvgIpc) is 3.16. The first-order chi connectivity index (χ1) is 13.6. The largest absolute Gasteiger partial charge is 0.353 e. The second-order valence-corrected chi connectivity index (χ2v) is 7.09. The molecule has 144 valence electrons. The Morgan fingerprint density at radius 1 is 1.14 bits per heavy atom. The molecule has 1 saturated heterocycles. The quantitative estimate of drug-likeness (QED) is 0.673. The maximum Gasteiger partial charge on any atom is 0.227 e. The highest BCUT2D eigenvalue weighted by atomic mass is 35.5. The molecule has 1 aliphatic rings. The standard InChI is InChI=1S/C20H20ClN5O2/c1-14-23-20(24-28-14)16-6-7-18(22-13-16)25-8-10-26(11-9-25)19(27)12-15-4-2-3-5-17(15)21/h2-7,13H,8-12H2,1H3. The first-order valence-electron chi connectivity index (χ1n) is 9.13. The van der Waals surface area contributed by atoms with E-state index < -0.39 is 0 Å². The predicted octanol–water partition coefficient (Wildman–Crippen LogP) is 2.98. The van der Waals surface area contributed by atoms with Crippen LogP contribution in [0, 0.1) is 6.92 Å². The van der Waals surface area contributed by atoms with Crippen molar-refractivity contribution < 1.29 is 9.32 Å². The van der Waals surface area contributed by atoms with E-state index >= 15 is 0 Å². The smallest absolute Gasteiger partial charge is 0.227 e. The van der Waals surface area contributed by atoms with Gasteiger partial charge >= 0.3 is 0 Å². The fourth-order valence-electron chi connectivity index (χ4n) is 3.22. The third-order valence-corrected chi connectivity index (χ3v) is 5.16.